The molecular formula is C17H22O3. The molecule has 0 bridgehead atoms. The molecule has 1 aliphatic carbocycles. The number of ether oxygens (including phenoxy) is 2. The molecule has 1 unspecified atom stereocenters. The first-order valence-corrected chi connectivity index (χ1v) is 7.39. The second-order valence-corrected chi connectivity index (χ2v) is 6.85. The van der Waals surface area contributed by atoms with E-state index in [0.717, 1.165) is 31.2 Å². The molecule has 1 aromatic carbocycles. The van der Waals surface area contributed by atoms with Crippen LogP contribution in [-0.4, -0.2) is 17.2 Å². The molecule has 108 valence electrons. The van der Waals surface area contributed by atoms with E-state index in [1.807, 2.05) is 51.1 Å². The fraction of sp³-hybridized carbons (Fsp3) is 0.588. The van der Waals surface area contributed by atoms with Crippen LogP contribution in [0.15, 0.2) is 30.3 Å². The Morgan fingerprint density at radius 3 is 2.30 bits per heavy atom. The van der Waals surface area contributed by atoms with E-state index in [-0.39, 0.29) is 11.6 Å². The lowest BCUT2D eigenvalue weighted by atomic mass is 9.85. The third-order valence-electron chi connectivity index (χ3n) is 4.23. The van der Waals surface area contributed by atoms with Gasteiger partial charge in [0.2, 0.25) is 5.60 Å². The molecule has 3 nitrogen and oxygen atoms in total. The Balaban J connectivity index is 1.97. The predicted molar refractivity (Wildman–Crippen MR) is 76.2 cm³/mol. The number of esters is 1. The molecule has 20 heavy (non-hydrogen) atoms. The van der Waals surface area contributed by atoms with Crippen molar-refractivity contribution in [2.45, 2.75) is 63.3 Å². The van der Waals surface area contributed by atoms with Crippen LogP contribution in [0.2, 0.25) is 0 Å². The van der Waals surface area contributed by atoms with Crippen LogP contribution in [0.4, 0.5) is 0 Å². The highest BCUT2D eigenvalue weighted by atomic mass is 16.7. The van der Waals surface area contributed by atoms with Gasteiger partial charge in [0.05, 0.1) is 0 Å². The van der Waals surface area contributed by atoms with Crippen molar-refractivity contribution < 1.29 is 14.3 Å². The molecule has 1 saturated heterocycles. The zero-order chi connectivity index (χ0) is 14.4. The SMILES string of the molecule is CC(C)(C)OC(=O)C1(c2ccccc2)OC12CCCC2. The zero-order valence-electron chi connectivity index (χ0n) is 12.4. The van der Waals surface area contributed by atoms with Gasteiger partial charge in [0.25, 0.3) is 0 Å². The normalized spacial score (nSPS) is 27.6. The highest BCUT2D eigenvalue weighted by molar-refractivity contribution is 5.87. The maximum atomic E-state index is 12.8. The van der Waals surface area contributed by atoms with Gasteiger partial charge in [0.15, 0.2) is 0 Å². The summed E-state index contributed by atoms with van der Waals surface area (Å²) >= 11 is 0. The van der Waals surface area contributed by atoms with E-state index < -0.39 is 11.2 Å². The molecule has 1 heterocycles. The summed E-state index contributed by atoms with van der Waals surface area (Å²) in [4.78, 5) is 12.8. The monoisotopic (exact) mass is 274 g/mol. The minimum atomic E-state index is -0.877. The number of hydrogen-bond acceptors (Lipinski definition) is 3. The minimum Gasteiger partial charge on any atom is -0.457 e. The van der Waals surface area contributed by atoms with Crippen molar-refractivity contribution >= 4 is 5.97 Å². The second-order valence-electron chi connectivity index (χ2n) is 6.85. The fourth-order valence-electron chi connectivity index (χ4n) is 3.36. The molecule has 2 fully saturated rings. The molecular weight excluding hydrogens is 252 g/mol. The van der Waals surface area contributed by atoms with Crippen LogP contribution in [-0.2, 0) is 19.9 Å². The minimum absolute atomic E-state index is 0.238. The summed E-state index contributed by atoms with van der Waals surface area (Å²) in [7, 11) is 0. The Kier molecular flexibility index (Phi) is 2.94. The largest absolute Gasteiger partial charge is 0.457 e. The van der Waals surface area contributed by atoms with Crippen LogP contribution in [0.1, 0.15) is 52.0 Å². The highest BCUT2D eigenvalue weighted by Crippen LogP contribution is 2.64. The Labute approximate surface area is 120 Å². The number of hydrogen-bond donors (Lipinski definition) is 0. The topological polar surface area (TPSA) is 38.8 Å². The van der Waals surface area contributed by atoms with Gasteiger partial charge in [-0.3, -0.25) is 0 Å². The molecule has 3 heteroatoms. The zero-order valence-corrected chi connectivity index (χ0v) is 12.4. The maximum absolute atomic E-state index is 12.8. The molecule has 0 radical (unpaired) electrons. The Morgan fingerprint density at radius 2 is 1.75 bits per heavy atom. The van der Waals surface area contributed by atoms with Crippen LogP contribution in [0.5, 0.6) is 0 Å². The van der Waals surface area contributed by atoms with Crippen LogP contribution < -0.4 is 0 Å². The van der Waals surface area contributed by atoms with Gasteiger partial charge in [0.1, 0.15) is 11.2 Å². The van der Waals surface area contributed by atoms with Crippen molar-refractivity contribution in [2.24, 2.45) is 0 Å². The van der Waals surface area contributed by atoms with Crippen molar-refractivity contribution in [1.29, 1.82) is 0 Å². The van der Waals surface area contributed by atoms with Gasteiger partial charge >= 0.3 is 5.97 Å². The van der Waals surface area contributed by atoms with Gasteiger partial charge in [-0.15, -0.1) is 0 Å². The van der Waals surface area contributed by atoms with E-state index in [0.29, 0.717) is 0 Å². The average molecular weight is 274 g/mol. The average Bonchev–Trinajstić information content (AvgIpc) is 2.78. The van der Waals surface area contributed by atoms with E-state index in [1.54, 1.807) is 0 Å². The number of carbonyl (C=O) groups is 1. The van der Waals surface area contributed by atoms with Gasteiger partial charge in [-0.25, -0.2) is 4.79 Å². The van der Waals surface area contributed by atoms with E-state index in [1.165, 1.54) is 0 Å². The first-order valence-electron chi connectivity index (χ1n) is 7.39. The number of benzene rings is 1. The van der Waals surface area contributed by atoms with Gasteiger partial charge < -0.3 is 9.47 Å². The predicted octanol–water partition coefficient (Wildman–Crippen LogP) is 3.57. The third kappa shape index (κ3) is 1.96. The summed E-state index contributed by atoms with van der Waals surface area (Å²) in [5, 5.41) is 0. The first-order chi connectivity index (χ1) is 9.40. The Bertz CT molecular complexity index is 509. The van der Waals surface area contributed by atoms with Gasteiger partial charge in [-0.05, 0) is 39.2 Å². The van der Waals surface area contributed by atoms with Crippen molar-refractivity contribution in [3.63, 3.8) is 0 Å². The molecule has 1 saturated carbocycles. The highest BCUT2D eigenvalue weighted by Gasteiger charge is 2.76. The second kappa shape index (κ2) is 4.32. The fourth-order valence-corrected chi connectivity index (χ4v) is 3.36. The van der Waals surface area contributed by atoms with Crippen molar-refractivity contribution in [2.75, 3.05) is 0 Å². The third-order valence-corrected chi connectivity index (χ3v) is 4.23. The number of carbonyl (C=O) groups excluding carboxylic acids is 1. The van der Waals surface area contributed by atoms with Crippen LogP contribution in [0.25, 0.3) is 0 Å². The maximum Gasteiger partial charge on any atom is 0.346 e. The number of epoxide rings is 1. The molecule has 2 aliphatic rings. The van der Waals surface area contributed by atoms with Crippen LogP contribution in [0.3, 0.4) is 0 Å². The summed E-state index contributed by atoms with van der Waals surface area (Å²) in [5.41, 5.74) is -0.768. The van der Waals surface area contributed by atoms with E-state index >= 15 is 0 Å². The molecule has 1 aromatic rings. The molecule has 1 aliphatic heterocycles. The summed E-state index contributed by atoms with van der Waals surface area (Å²) in [6.07, 6.45) is 4.14. The molecule has 1 spiro atoms. The first kappa shape index (κ1) is 13.6. The van der Waals surface area contributed by atoms with Gasteiger partial charge in [-0.1, -0.05) is 43.2 Å². The summed E-state index contributed by atoms with van der Waals surface area (Å²) in [5.74, 6) is -0.238. The van der Waals surface area contributed by atoms with Crippen molar-refractivity contribution in [3.05, 3.63) is 35.9 Å². The molecule has 0 aromatic heterocycles. The quantitative estimate of drug-likeness (QED) is 0.611. The molecule has 3 rings (SSSR count). The molecule has 0 amide bonds. The van der Waals surface area contributed by atoms with Crippen LogP contribution >= 0.6 is 0 Å². The molecule has 1 atom stereocenters. The van der Waals surface area contributed by atoms with E-state index in [4.69, 9.17) is 9.47 Å². The van der Waals surface area contributed by atoms with E-state index in [9.17, 15) is 4.79 Å². The summed E-state index contributed by atoms with van der Waals surface area (Å²) in [6.45, 7) is 5.69. The smallest absolute Gasteiger partial charge is 0.346 e. The Hall–Kier alpha value is -1.35. The summed E-state index contributed by atoms with van der Waals surface area (Å²) in [6, 6.07) is 9.79. The number of rotatable bonds is 2. The lowest BCUT2D eigenvalue weighted by Gasteiger charge is -2.24. The Morgan fingerprint density at radius 1 is 1.15 bits per heavy atom. The van der Waals surface area contributed by atoms with Crippen LogP contribution in [0, 0.1) is 0 Å². The van der Waals surface area contributed by atoms with Gasteiger partial charge in [-0.2, -0.15) is 0 Å². The molecule has 0 N–H and O–H groups in total. The van der Waals surface area contributed by atoms with Crippen molar-refractivity contribution in [3.8, 4) is 0 Å². The summed E-state index contributed by atoms with van der Waals surface area (Å²) < 4.78 is 11.7. The van der Waals surface area contributed by atoms with Gasteiger partial charge in [0, 0.05) is 0 Å². The van der Waals surface area contributed by atoms with Crippen molar-refractivity contribution in [1.82, 2.24) is 0 Å². The lowest BCUT2D eigenvalue weighted by molar-refractivity contribution is -0.162. The standard InChI is InChI=1S/C17H22O3/c1-15(2,3)19-14(18)17(13-9-5-4-6-10-13)16(20-17)11-7-8-12-16/h4-6,9-10H,7-8,11-12H2,1-3H3. The lowest BCUT2D eigenvalue weighted by Crippen LogP contribution is -2.37. The van der Waals surface area contributed by atoms with E-state index in [2.05, 4.69) is 0 Å².